The molecule has 1 N–H and O–H groups in total. The highest BCUT2D eigenvalue weighted by atomic mass is 79.9. The summed E-state index contributed by atoms with van der Waals surface area (Å²) >= 11 is 3.29. The van der Waals surface area contributed by atoms with Gasteiger partial charge < -0.3 is 0 Å². The molecule has 0 aromatic heterocycles. The van der Waals surface area contributed by atoms with Gasteiger partial charge in [0.05, 0.1) is 4.90 Å². The molecule has 0 atom stereocenters. The lowest BCUT2D eigenvalue weighted by molar-refractivity contribution is 0.601. The number of rotatable bonds is 4. The number of halogens is 2. The number of nitrogens with one attached hydrogen (secondary N) is 1. The van der Waals surface area contributed by atoms with Crippen LogP contribution in [-0.4, -0.2) is 8.42 Å². The molecule has 0 aliphatic carbocycles. The van der Waals surface area contributed by atoms with Crippen molar-refractivity contribution in [2.45, 2.75) is 10.2 Å². The van der Waals surface area contributed by atoms with Crippen LogP contribution < -0.4 is 4.72 Å². The fourth-order valence-corrected chi connectivity index (χ4v) is 2.92. The zero-order valence-corrected chi connectivity index (χ0v) is 12.2. The van der Waals surface area contributed by atoms with Gasteiger partial charge in [-0.2, -0.15) is 0 Å². The summed E-state index contributed by atoms with van der Waals surface area (Å²) in [4.78, 5) is 0.168. The summed E-state index contributed by atoms with van der Waals surface area (Å²) in [5, 5.41) is 0.665. The Bertz CT molecular complexity index is 654. The van der Waals surface area contributed by atoms with Gasteiger partial charge in [-0.15, -0.1) is 0 Å². The smallest absolute Gasteiger partial charge is 0.261 e. The second-order valence-corrected chi connectivity index (χ2v) is 6.13. The van der Waals surface area contributed by atoms with Crippen molar-refractivity contribution < 1.29 is 12.8 Å². The van der Waals surface area contributed by atoms with Gasteiger partial charge in [0.1, 0.15) is 5.82 Å². The minimum absolute atomic E-state index is 0.168. The van der Waals surface area contributed by atoms with E-state index in [-0.39, 0.29) is 4.90 Å². The van der Waals surface area contributed by atoms with E-state index in [2.05, 4.69) is 20.7 Å². The van der Waals surface area contributed by atoms with E-state index in [4.69, 9.17) is 0 Å². The van der Waals surface area contributed by atoms with Gasteiger partial charge in [-0.25, -0.2) is 12.8 Å². The van der Waals surface area contributed by atoms with Gasteiger partial charge in [-0.05, 0) is 42.0 Å². The molecule has 100 valence electrons. The highest BCUT2D eigenvalue weighted by molar-refractivity contribution is 9.08. The third-order valence-electron chi connectivity index (χ3n) is 2.48. The molecule has 2 rings (SSSR count). The molecule has 0 radical (unpaired) electrons. The maximum atomic E-state index is 12.7. The van der Waals surface area contributed by atoms with Crippen LogP contribution in [0.3, 0.4) is 0 Å². The first-order valence-corrected chi connectivity index (χ1v) is 8.05. The van der Waals surface area contributed by atoms with Crippen LogP contribution in [0.5, 0.6) is 0 Å². The Morgan fingerprint density at radius 3 is 2.11 bits per heavy atom. The van der Waals surface area contributed by atoms with Crippen LogP contribution in [0.2, 0.25) is 0 Å². The largest absolute Gasteiger partial charge is 0.280 e. The number of hydrogen-bond acceptors (Lipinski definition) is 2. The van der Waals surface area contributed by atoms with Gasteiger partial charge in [0, 0.05) is 11.0 Å². The average molecular weight is 344 g/mol. The zero-order chi connectivity index (χ0) is 13.9. The summed E-state index contributed by atoms with van der Waals surface area (Å²) in [7, 11) is -3.64. The van der Waals surface area contributed by atoms with Crippen LogP contribution in [-0.2, 0) is 15.4 Å². The Labute approximate surface area is 119 Å². The number of alkyl halides is 1. The molecule has 0 saturated carbocycles. The van der Waals surface area contributed by atoms with Gasteiger partial charge in [-0.1, -0.05) is 28.1 Å². The maximum absolute atomic E-state index is 12.7. The molecule has 0 fully saturated rings. The van der Waals surface area contributed by atoms with E-state index < -0.39 is 15.8 Å². The standard InChI is InChI=1S/C13H11BrFNO2S/c14-9-10-1-7-13(8-2-10)19(17,18)16-12-5-3-11(15)4-6-12/h1-8,16H,9H2. The zero-order valence-electron chi connectivity index (χ0n) is 9.81. The summed E-state index contributed by atoms with van der Waals surface area (Å²) in [6.07, 6.45) is 0. The molecule has 0 aliphatic heterocycles. The van der Waals surface area contributed by atoms with Gasteiger partial charge in [-0.3, -0.25) is 4.72 Å². The third-order valence-corrected chi connectivity index (χ3v) is 4.53. The Hall–Kier alpha value is -1.40. The van der Waals surface area contributed by atoms with E-state index in [9.17, 15) is 12.8 Å². The van der Waals surface area contributed by atoms with E-state index in [0.717, 1.165) is 5.56 Å². The Morgan fingerprint density at radius 2 is 1.58 bits per heavy atom. The monoisotopic (exact) mass is 343 g/mol. The first kappa shape index (κ1) is 14.0. The normalized spacial score (nSPS) is 11.3. The summed E-state index contributed by atoms with van der Waals surface area (Å²) in [5.41, 5.74) is 1.31. The average Bonchev–Trinajstić information content (AvgIpc) is 2.41. The SMILES string of the molecule is O=S(=O)(Nc1ccc(F)cc1)c1ccc(CBr)cc1. The van der Waals surface area contributed by atoms with Crippen LogP contribution in [0.1, 0.15) is 5.56 Å². The molecular formula is C13H11BrFNO2S. The summed E-state index contributed by atoms with van der Waals surface area (Å²) in [6, 6.07) is 11.7. The minimum atomic E-state index is -3.64. The van der Waals surface area contributed by atoms with Crippen molar-refractivity contribution in [3.63, 3.8) is 0 Å². The quantitative estimate of drug-likeness (QED) is 0.863. The molecule has 0 bridgehead atoms. The summed E-state index contributed by atoms with van der Waals surface area (Å²) in [5.74, 6) is -0.412. The molecule has 0 amide bonds. The fourth-order valence-electron chi connectivity index (χ4n) is 1.49. The van der Waals surface area contributed by atoms with Crippen LogP contribution in [0.25, 0.3) is 0 Å². The molecule has 0 spiro atoms. The summed E-state index contributed by atoms with van der Waals surface area (Å²) in [6.45, 7) is 0. The first-order valence-electron chi connectivity index (χ1n) is 5.44. The lowest BCUT2D eigenvalue weighted by Crippen LogP contribution is -2.12. The molecule has 19 heavy (non-hydrogen) atoms. The van der Waals surface area contributed by atoms with Gasteiger partial charge in [0.2, 0.25) is 0 Å². The number of benzene rings is 2. The van der Waals surface area contributed by atoms with E-state index in [1.807, 2.05) is 0 Å². The Kier molecular flexibility index (Phi) is 4.21. The fraction of sp³-hybridized carbons (Fsp3) is 0.0769. The van der Waals surface area contributed by atoms with Crippen LogP contribution in [0.15, 0.2) is 53.4 Å². The molecule has 2 aromatic rings. The predicted molar refractivity (Wildman–Crippen MR) is 76.3 cm³/mol. The van der Waals surface area contributed by atoms with E-state index >= 15 is 0 Å². The minimum Gasteiger partial charge on any atom is -0.280 e. The van der Waals surface area contributed by atoms with E-state index in [0.29, 0.717) is 11.0 Å². The van der Waals surface area contributed by atoms with E-state index in [1.54, 1.807) is 12.1 Å². The molecular weight excluding hydrogens is 333 g/mol. The first-order chi connectivity index (χ1) is 9.01. The topological polar surface area (TPSA) is 46.2 Å². The van der Waals surface area contributed by atoms with Crippen molar-refractivity contribution in [2.75, 3.05) is 4.72 Å². The molecule has 0 unspecified atom stereocenters. The van der Waals surface area contributed by atoms with Gasteiger partial charge >= 0.3 is 0 Å². The Morgan fingerprint density at radius 1 is 1.00 bits per heavy atom. The highest BCUT2D eigenvalue weighted by Crippen LogP contribution is 2.17. The van der Waals surface area contributed by atoms with Crippen LogP contribution >= 0.6 is 15.9 Å². The predicted octanol–water partition coefficient (Wildman–Crippen LogP) is 3.52. The van der Waals surface area contributed by atoms with Crippen LogP contribution in [0, 0.1) is 5.82 Å². The molecule has 0 saturated heterocycles. The lowest BCUT2D eigenvalue weighted by Gasteiger charge is -2.08. The molecule has 6 heteroatoms. The molecule has 0 aliphatic rings. The van der Waals surface area contributed by atoms with Crippen LogP contribution in [0.4, 0.5) is 10.1 Å². The molecule has 0 heterocycles. The van der Waals surface area contributed by atoms with Gasteiger partial charge in [0.15, 0.2) is 0 Å². The highest BCUT2D eigenvalue weighted by Gasteiger charge is 2.13. The molecule has 3 nitrogen and oxygen atoms in total. The number of hydrogen-bond donors (Lipinski definition) is 1. The van der Waals surface area contributed by atoms with Crippen molar-refractivity contribution in [3.8, 4) is 0 Å². The second-order valence-electron chi connectivity index (χ2n) is 3.89. The molecule has 2 aromatic carbocycles. The number of anilines is 1. The lowest BCUT2D eigenvalue weighted by atomic mass is 10.2. The van der Waals surface area contributed by atoms with Crippen molar-refractivity contribution in [3.05, 3.63) is 59.9 Å². The Balaban J connectivity index is 2.24. The third kappa shape index (κ3) is 3.54. The second kappa shape index (κ2) is 5.71. The van der Waals surface area contributed by atoms with Crippen molar-refractivity contribution in [1.82, 2.24) is 0 Å². The van der Waals surface area contributed by atoms with Gasteiger partial charge in [0.25, 0.3) is 10.0 Å². The maximum Gasteiger partial charge on any atom is 0.261 e. The van der Waals surface area contributed by atoms with Crippen molar-refractivity contribution in [1.29, 1.82) is 0 Å². The summed E-state index contributed by atoms with van der Waals surface area (Å²) < 4.78 is 39.3. The van der Waals surface area contributed by atoms with Crippen molar-refractivity contribution in [2.24, 2.45) is 0 Å². The van der Waals surface area contributed by atoms with E-state index in [1.165, 1.54) is 36.4 Å². The number of sulfonamides is 1. The van der Waals surface area contributed by atoms with Crippen molar-refractivity contribution >= 4 is 31.6 Å².